The molecule has 2 saturated heterocycles. The highest BCUT2D eigenvalue weighted by molar-refractivity contribution is 5.98. The fourth-order valence-corrected chi connectivity index (χ4v) is 4.18. The number of nitrogens with one attached hydrogen (secondary N) is 1. The maximum Gasteiger partial charge on any atom is 0.408 e. The second-order valence-corrected chi connectivity index (χ2v) is 8.01. The number of halogens is 4. The summed E-state index contributed by atoms with van der Waals surface area (Å²) >= 11 is 0. The molecule has 0 aliphatic carbocycles. The third kappa shape index (κ3) is 4.12. The molecule has 2 fully saturated rings. The van der Waals surface area contributed by atoms with E-state index in [9.17, 15) is 22.4 Å². The van der Waals surface area contributed by atoms with Crippen molar-refractivity contribution in [3.63, 3.8) is 0 Å². The van der Waals surface area contributed by atoms with Crippen LogP contribution in [0, 0.1) is 5.82 Å². The number of amides is 1. The van der Waals surface area contributed by atoms with Crippen molar-refractivity contribution in [2.75, 3.05) is 18.4 Å². The summed E-state index contributed by atoms with van der Waals surface area (Å²) in [5.74, 6) is -0.656. The number of pyridine rings is 1. The number of ether oxygens (including phenoxy) is 1. The zero-order chi connectivity index (χ0) is 22.5. The molecule has 5 rings (SSSR count). The highest BCUT2D eigenvalue weighted by Gasteiger charge is 2.36. The number of likely N-dealkylation sites (tertiary alicyclic amines) is 1. The van der Waals surface area contributed by atoms with Crippen molar-refractivity contribution < 1.29 is 27.1 Å². The van der Waals surface area contributed by atoms with E-state index in [-0.39, 0.29) is 35.1 Å². The summed E-state index contributed by atoms with van der Waals surface area (Å²) in [6.45, 7) is -0.448. The van der Waals surface area contributed by atoms with Crippen molar-refractivity contribution >= 4 is 28.3 Å². The van der Waals surface area contributed by atoms with Gasteiger partial charge in [-0.1, -0.05) is 0 Å². The number of hydrogen-bond acceptors (Lipinski definition) is 5. The summed E-state index contributed by atoms with van der Waals surface area (Å²) < 4.78 is 59.2. The van der Waals surface area contributed by atoms with Gasteiger partial charge in [-0.2, -0.15) is 18.3 Å². The van der Waals surface area contributed by atoms with E-state index in [4.69, 9.17) is 4.74 Å². The molecule has 7 nitrogen and oxygen atoms in total. The van der Waals surface area contributed by atoms with Gasteiger partial charge in [-0.05, 0) is 43.2 Å². The number of rotatable bonds is 4. The molecule has 3 aromatic rings. The van der Waals surface area contributed by atoms with Gasteiger partial charge in [0.05, 0.1) is 23.1 Å². The summed E-state index contributed by atoms with van der Waals surface area (Å²) in [4.78, 5) is 18.8. The van der Waals surface area contributed by atoms with Crippen LogP contribution in [0.5, 0.6) is 0 Å². The Labute approximate surface area is 180 Å². The Kier molecular flexibility index (Phi) is 5.00. The molecule has 1 aromatic carbocycles. The van der Waals surface area contributed by atoms with Crippen LogP contribution in [0.4, 0.5) is 29.1 Å². The molecule has 2 atom stereocenters. The quantitative estimate of drug-likeness (QED) is 0.612. The Balaban J connectivity index is 1.49. The average Bonchev–Trinajstić information content (AvgIpc) is 3.26. The number of carbonyl (C=O) groups is 1. The van der Waals surface area contributed by atoms with Crippen LogP contribution >= 0.6 is 0 Å². The second kappa shape index (κ2) is 7.73. The minimum atomic E-state index is -4.51. The molecule has 0 radical (unpaired) electrons. The van der Waals surface area contributed by atoms with Crippen LogP contribution in [0.1, 0.15) is 23.3 Å². The minimum absolute atomic E-state index is 0.0105. The van der Waals surface area contributed by atoms with Crippen molar-refractivity contribution in [1.82, 2.24) is 19.7 Å². The van der Waals surface area contributed by atoms with Gasteiger partial charge in [-0.15, -0.1) is 0 Å². The molecule has 168 valence electrons. The predicted octanol–water partition coefficient (Wildman–Crippen LogP) is 3.88. The maximum absolute atomic E-state index is 13.2. The van der Waals surface area contributed by atoms with E-state index in [0.717, 1.165) is 17.5 Å². The Bertz CT molecular complexity index is 1150. The number of anilines is 2. The van der Waals surface area contributed by atoms with E-state index < -0.39 is 18.5 Å². The number of hydrogen-bond donors (Lipinski definition) is 1. The zero-order valence-corrected chi connectivity index (χ0v) is 16.8. The fraction of sp³-hybridized carbons (Fsp3) is 0.381. The Hall–Kier alpha value is -3.21. The highest BCUT2D eigenvalue weighted by Crippen LogP contribution is 2.30. The first-order valence-electron chi connectivity index (χ1n) is 10.2. The largest absolute Gasteiger partial charge is 0.408 e. The normalized spacial score (nSPS) is 20.7. The molecule has 2 aliphatic rings. The standard InChI is InChI=1S/C21H19F4N5O2/c22-12-1-3-13(4-2-12)27-19-16-8-26-17(7-18(16)30(28-19)11-21(23,24)25)20(31)29-9-14-5-6-15(10-29)32-14/h1-4,7-8,14-15H,5-6,9-11H2,(H,27,28). The Morgan fingerprint density at radius 3 is 2.50 bits per heavy atom. The van der Waals surface area contributed by atoms with E-state index in [0.29, 0.717) is 24.2 Å². The molecule has 4 heterocycles. The van der Waals surface area contributed by atoms with E-state index in [1.807, 2.05) is 0 Å². The Morgan fingerprint density at radius 2 is 1.84 bits per heavy atom. The summed E-state index contributed by atoms with van der Waals surface area (Å²) in [7, 11) is 0. The Morgan fingerprint density at radius 1 is 1.16 bits per heavy atom. The summed E-state index contributed by atoms with van der Waals surface area (Å²) in [5.41, 5.74) is 0.630. The van der Waals surface area contributed by atoms with E-state index in [1.165, 1.54) is 36.5 Å². The number of morpholine rings is 1. The zero-order valence-electron chi connectivity index (χ0n) is 16.8. The molecule has 2 aromatic heterocycles. The van der Waals surface area contributed by atoms with Crippen LogP contribution in [-0.2, 0) is 11.3 Å². The van der Waals surface area contributed by atoms with Crippen molar-refractivity contribution in [1.29, 1.82) is 0 Å². The first kappa shape index (κ1) is 20.7. The van der Waals surface area contributed by atoms with Crippen LogP contribution in [-0.4, -0.2) is 57.0 Å². The lowest BCUT2D eigenvalue weighted by molar-refractivity contribution is -0.141. The SMILES string of the molecule is O=C(c1cc2c(cn1)c(Nc1ccc(F)cc1)nn2CC(F)(F)F)N1CC2CCC(C1)O2. The summed E-state index contributed by atoms with van der Waals surface area (Å²) in [6.07, 6.45) is -1.42. The van der Waals surface area contributed by atoms with Crippen LogP contribution < -0.4 is 5.32 Å². The first-order valence-corrected chi connectivity index (χ1v) is 10.2. The van der Waals surface area contributed by atoms with Crippen LogP contribution in [0.2, 0.25) is 0 Å². The van der Waals surface area contributed by atoms with Gasteiger partial charge in [0.1, 0.15) is 18.1 Å². The molecule has 1 amide bonds. The topological polar surface area (TPSA) is 72.3 Å². The van der Waals surface area contributed by atoms with Gasteiger partial charge >= 0.3 is 6.18 Å². The number of fused-ring (bicyclic) bond motifs is 3. The highest BCUT2D eigenvalue weighted by atomic mass is 19.4. The van der Waals surface area contributed by atoms with E-state index in [2.05, 4.69) is 15.4 Å². The third-order valence-electron chi connectivity index (χ3n) is 5.62. The molecule has 2 bridgehead atoms. The molecule has 1 N–H and O–H groups in total. The molecular formula is C21H19F4N5O2. The first-order chi connectivity index (χ1) is 15.2. The minimum Gasteiger partial charge on any atom is -0.371 e. The lowest BCUT2D eigenvalue weighted by Gasteiger charge is -2.31. The molecule has 0 spiro atoms. The van der Waals surface area contributed by atoms with Crippen molar-refractivity contribution in [2.45, 2.75) is 37.8 Å². The van der Waals surface area contributed by atoms with Gasteiger partial charge in [-0.3, -0.25) is 14.5 Å². The summed E-state index contributed by atoms with van der Waals surface area (Å²) in [6, 6.07) is 6.68. The van der Waals surface area contributed by atoms with Gasteiger partial charge in [-0.25, -0.2) is 4.39 Å². The monoisotopic (exact) mass is 449 g/mol. The van der Waals surface area contributed by atoms with Crippen molar-refractivity contribution in [3.8, 4) is 0 Å². The predicted molar refractivity (Wildman–Crippen MR) is 107 cm³/mol. The average molecular weight is 449 g/mol. The van der Waals surface area contributed by atoms with Gasteiger partial charge in [0.25, 0.3) is 5.91 Å². The number of aromatic nitrogens is 3. The second-order valence-electron chi connectivity index (χ2n) is 8.01. The van der Waals surface area contributed by atoms with Crippen LogP contribution in [0.3, 0.4) is 0 Å². The van der Waals surface area contributed by atoms with E-state index in [1.54, 1.807) is 4.90 Å². The number of benzene rings is 1. The van der Waals surface area contributed by atoms with Gasteiger partial charge in [0.2, 0.25) is 0 Å². The molecular weight excluding hydrogens is 430 g/mol. The lowest BCUT2D eigenvalue weighted by Crippen LogP contribution is -2.46. The number of alkyl halides is 3. The smallest absolute Gasteiger partial charge is 0.371 e. The van der Waals surface area contributed by atoms with E-state index >= 15 is 0 Å². The fourth-order valence-electron chi connectivity index (χ4n) is 4.18. The van der Waals surface area contributed by atoms with Crippen molar-refractivity contribution in [3.05, 3.63) is 48.0 Å². The molecule has 32 heavy (non-hydrogen) atoms. The molecule has 11 heteroatoms. The number of nitrogens with zero attached hydrogens (tertiary/aromatic N) is 4. The van der Waals surface area contributed by atoms with Crippen molar-refractivity contribution in [2.24, 2.45) is 0 Å². The van der Waals surface area contributed by atoms with Gasteiger partial charge < -0.3 is 15.0 Å². The number of carbonyl (C=O) groups excluding carboxylic acids is 1. The van der Waals surface area contributed by atoms with Gasteiger partial charge in [0.15, 0.2) is 5.82 Å². The van der Waals surface area contributed by atoms with Crippen LogP contribution in [0.15, 0.2) is 36.5 Å². The molecule has 0 saturated carbocycles. The van der Waals surface area contributed by atoms with Crippen LogP contribution in [0.25, 0.3) is 10.9 Å². The third-order valence-corrected chi connectivity index (χ3v) is 5.62. The maximum atomic E-state index is 13.2. The molecule has 2 unspecified atom stereocenters. The summed E-state index contributed by atoms with van der Waals surface area (Å²) in [5, 5.41) is 7.26. The molecule has 2 aliphatic heterocycles. The van der Waals surface area contributed by atoms with Gasteiger partial charge in [0, 0.05) is 25.0 Å². The lowest BCUT2D eigenvalue weighted by atomic mass is 10.2.